The first kappa shape index (κ1) is 38.4. The van der Waals surface area contributed by atoms with Gasteiger partial charge in [-0.15, -0.1) is 0 Å². The van der Waals surface area contributed by atoms with Gasteiger partial charge in [-0.2, -0.15) is 0 Å². The maximum absolute atomic E-state index is 10.4. The molecule has 27 heavy (non-hydrogen) atoms. The first-order valence-corrected chi connectivity index (χ1v) is 12.4. The van der Waals surface area contributed by atoms with Crippen LogP contribution in [0.25, 0.3) is 0 Å². The Hall–Kier alpha value is 0.771. The van der Waals surface area contributed by atoms with Gasteiger partial charge in [0, 0.05) is 41.5 Å². The standard InChI is InChI=1S/C9H22OSi.3C4H10O.Ti/c1-7(2)11(10,8(3)4)9(5)6;3*1-4(2)3-5;/h7-10H,1-6H3;3*4-5H,3H2,1-2H3;. The van der Waals surface area contributed by atoms with Crippen molar-refractivity contribution in [2.24, 2.45) is 17.8 Å². The van der Waals surface area contributed by atoms with E-state index in [-0.39, 0.29) is 21.7 Å². The summed E-state index contributed by atoms with van der Waals surface area (Å²) in [7, 11) is -1.98. The molecular formula is C21H52O4SiTi. The quantitative estimate of drug-likeness (QED) is 0.432. The second-order valence-electron chi connectivity index (χ2n) is 9.08. The molecule has 0 spiro atoms. The number of rotatable bonds is 6. The van der Waals surface area contributed by atoms with Crippen molar-refractivity contribution in [1.29, 1.82) is 0 Å². The van der Waals surface area contributed by atoms with Gasteiger partial charge in [-0.05, 0) is 34.4 Å². The molecule has 0 saturated carbocycles. The number of hydrogen-bond acceptors (Lipinski definition) is 4. The van der Waals surface area contributed by atoms with Crippen LogP contribution in [0.3, 0.4) is 0 Å². The molecule has 0 aliphatic carbocycles. The summed E-state index contributed by atoms with van der Waals surface area (Å²) >= 11 is 0. The second kappa shape index (κ2) is 23.1. The van der Waals surface area contributed by atoms with Crippen LogP contribution in [-0.4, -0.2) is 48.3 Å². The first-order chi connectivity index (χ1) is 11.6. The van der Waals surface area contributed by atoms with Gasteiger partial charge in [-0.25, -0.2) is 0 Å². The van der Waals surface area contributed by atoms with E-state index in [2.05, 4.69) is 41.5 Å². The normalized spacial score (nSPS) is 10.9. The Labute approximate surface area is 187 Å². The van der Waals surface area contributed by atoms with Crippen molar-refractivity contribution < 1.29 is 41.8 Å². The summed E-state index contributed by atoms with van der Waals surface area (Å²) in [5, 5.41) is 24.4. The van der Waals surface area contributed by atoms with E-state index < -0.39 is 8.32 Å². The first-order valence-electron chi connectivity index (χ1n) is 10.2. The summed E-state index contributed by atoms with van der Waals surface area (Å²) in [4.78, 5) is 10.4. The van der Waals surface area contributed by atoms with E-state index in [9.17, 15) is 4.80 Å². The van der Waals surface area contributed by atoms with Gasteiger partial charge in [-0.3, -0.25) is 0 Å². The third-order valence-electron chi connectivity index (χ3n) is 3.87. The summed E-state index contributed by atoms with van der Waals surface area (Å²) in [6.45, 7) is 25.6. The van der Waals surface area contributed by atoms with Crippen molar-refractivity contribution in [2.45, 2.75) is 99.7 Å². The molecule has 0 aromatic heterocycles. The Balaban J connectivity index is -0.0000000858. The van der Waals surface area contributed by atoms with Crippen molar-refractivity contribution >= 4 is 8.32 Å². The van der Waals surface area contributed by atoms with Crippen molar-refractivity contribution in [2.75, 3.05) is 19.8 Å². The molecule has 0 bridgehead atoms. The zero-order valence-electron chi connectivity index (χ0n) is 20.4. The molecular weight excluding hydrogens is 392 g/mol. The van der Waals surface area contributed by atoms with Crippen molar-refractivity contribution in [3.05, 3.63) is 0 Å². The molecule has 0 unspecified atom stereocenters. The van der Waals surface area contributed by atoms with Crippen LogP contribution in [0.15, 0.2) is 0 Å². The van der Waals surface area contributed by atoms with Gasteiger partial charge in [0.05, 0.1) is 0 Å². The molecule has 0 rings (SSSR count). The molecule has 0 aromatic carbocycles. The molecule has 4 N–H and O–H groups in total. The topological polar surface area (TPSA) is 80.9 Å². The number of aliphatic hydroxyl groups excluding tert-OH is 3. The predicted molar refractivity (Wildman–Crippen MR) is 119 cm³/mol. The van der Waals surface area contributed by atoms with Crippen LogP contribution in [0, 0.1) is 17.8 Å². The van der Waals surface area contributed by atoms with Crippen molar-refractivity contribution in [3.8, 4) is 0 Å². The third kappa shape index (κ3) is 26.8. The molecule has 0 atom stereocenters. The monoisotopic (exact) mass is 444 g/mol. The number of aliphatic hydroxyl groups is 3. The minimum absolute atomic E-state index is 0. The Morgan fingerprint density at radius 3 is 0.593 bits per heavy atom. The van der Waals surface area contributed by atoms with E-state index in [4.69, 9.17) is 15.3 Å². The smallest absolute Gasteiger partial charge is 0.196 e. The van der Waals surface area contributed by atoms with Crippen LogP contribution in [0.4, 0.5) is 0 Å². The summed E-state index contributed by atoms with van der Waals surface area (Å²) in [6.07, 6.45) is 0. The average Bonchev–Trinajstić information content (AvgIpc) is 2.54. The molecule has 0 aliphatic rings. The van der Waals surface area contributed by atoms with Gasteiger partial charge in [-0.1, -0.05) is 83.1 Å². The Morgan fingerprint density at radius 1 is 0.481 bits per heavy atom. The predicted octanol–water partition coefficient (Wildman–Crippen LogP) is 5.06. The zero-order chi connectivity index (χ0) is 22.1. The minimum atomic E-state index is -1.98. The largest absolute Gasteiger partial charge is 0.431 e. The van der Waals surface area contributed by atoms with Gasteiger partial charge < -0.3 is 20.1 Å². The van der Waals surface area contributed by atoms with E-state index in [1.807, 2.05) is 41.5 Å². The molecule has 0 saturated heterocycles. The molecule has 0 aliphatic heterocycles. The molecule has 4 nitrogen and oxygen atoms in total. The molecule has 6 heteroatoms. The van der Waals surface area contributed by atoms with Gasteiger partial charge in [0.15, 0.2) is 8.32 Å². The van der Waals surface area contributed by atoms with Crippen LogP contribution >= 0.6 is 0 Å². The SMILES string of the molecule is CC(C)CO.CC(C)CO.CC(C)CO.CC(C)[Si](O)(C(C)C)C(C)C.[Ti]. The Kier molecular flexibility index (Phi) is 32.8. The van der Waals surface area contributed by atoms with Gasteiger partial charge in [0.1, 0.15) is 0 Å². The zero-order valence-corrected chi connectivity index (χ0v) is 22.9. The van der Waals surface area contributed by atoms with Gasteiger partial charge in [0.25, 0.3) is 0 Å². The van der Waals surface area contributed by atoms with Crippen molar-refractivity contribution in [3.63, 3.8) is 0 Å². The third-order valence-corrected chi connectivity index (χ3v) is 9.42. The van der Waals surface area contributed by atoms with E-state index in [0.717, 1.165) is 0 Å². The van der Waals surface area contributed by atoms with E-state index in [1.165, 1.54) is 0 Å². The molecule has 0 fully saturated rings. The minimum Gasteiger partial charge on any atom is -0.431 e. The fourth-order valence-corrected chi connectivity index (χ4v) is 6.00. The fraction of sp³-hybridized carbons (Fsp3) is 1.00. The fourth-order valence-electron chi connectivity index (χ4n) is 2.00. The van der Waals surface area contributed by atoms with E-state index >= 15 is 0 Å². The Bertz CT molecular complexity index is 230. The second-order valence-corrected chi connectivity index (χ2v) is 14.3. The van der Waals surface area contributed by atoms with Crippen LogP contribution in [0.5, 0.6) is 0 Å². The maximum Gasteiger partial charge on any atom is 0.196 e. The summed E-state index contributed by atoms with van der Waals surface area (Å²) in [6, 6.07) is 0. The van der Waals surface area contributed by atoms with Gasteiger partial charge >= 0.3 is 0 Å². The molecule has 0 amide bonds. The summed E-state index contributed by atoms with van der Waals surface area (Å²) in [5.74, 6) is 1.32. The Morgan fingerprint density at radius 2 is 0.593 bits per heavy atom. The van der Waals surface area contributed by atoms with Crippen LogP contribution in [0.1, 0.15) is 83.1 Å². The van der Waals surface area contributed by atoms with E-state index in [0.29, 0.717) is 54.2 Å². The molecule has 0 aromatic rings. The van der Waals surface area contributed by atoms with Crippen LogP contribution in [0.2, 0.25) is 16.6 Å². The summed E-state index contributed by atoms with van der Waals surface area (Å²) in [5.41, 5.74) is 1.42. The average molecular weight is 445 g/mol. The molecule has 0 radical (unpaired) electrons. The molecule has 0 heterocycles. The number of hydrogen-bond donors (Lipinski definition) is 4. The molecule has 168 valence electrons. The van der Waals surface area contributed by atoms with Crippen LogP contribution < -0.4 is 0 Å². The summed E-state index contributed by atoms with van der Waals surface area (Å²) < 4.78 is 0. The maximum atomic E-state index is 10.4. The van der Waals surface area contributed by atoms with Gasteiger partial charge in [0.2, 0.25) is 0 Å². The van der Waals surface area contributed by atoms with Crippen LogP contribution in [-0.2, 0) is 21.7 Å². The van der Waals surface area contributed by atoms with Crippen molar-refractivity contribution in [1.82, 2.24) is 0 Å². The van der Waals surface area contributed by atoms with E-state index in [1.54, 1.807) is 0 Å².